The molecule has 1 aromatic carbocycles. The lowest BCUT2D eigenvalue weighted by atomic mass is 9.86. The largest absolute Gasteiger partial charge is 0.463 e. The van der Waals surface area contributed by atoms with E-state index >= 15 is 0 Å². The Hall–Kier alpha value is -2.67. The summed E-state index contributed by atoms with van der Waals surface area (Å²) >= 11 is 0. The Labute approximate surface area is 225 Å². The van der Waals surface area contributed by atoms with Crippen LogP contribution in [0.1, 0.15) is 79.2 Å². The number of carbonyl (C=O) groups excluding carboxylic acids is 3. The van der Waals surface area contributed by atoms with Gasteiger partial charge in [-0.3, -0.25) is 9.59 Å². The Morgan fingerprint density at radius 1 is 1.14 bits per heavy atom. The highest BCUT2D eigenvalue weighted by Crippen LogP contribution is 2.26. The second kappa shape index (κ2) is 18.6. The van der Waals surface area contributed by atoms with Gasteiger partial charge in [0.1, 0.15) is 6.04 Å². The Morgan fingerprint density at radius 3 is 2.14 bits per heavy atom. The first-order valence-electron chi connectivity index (χ1n) is 13.4. The van der Waals surface area contributed by atoms with E-state index in [1.165, 1.54) is 42.8 Å². The van der Waals surface area contributed by atoms with Gasteiger partial charge in [-0.1, -0.05) is 77.4 Å². The molecule has 1 aromatic rings. The number of ether oxygens (including phenoxy) is 1. The molecule has 37 heavy (non-hydrogen) atoms. The van der Waals surface area contributed by atoms with Crippen LogP contribution in [-0.4, -0.2) is 74.5 Å². The standard InChI is InChI=1S/C15H26N2O4.C12H17N.C3H8/c1-7-21-14(20)11(2)8-9-17(6)13(19)12(16-10-18)15(3,4)5;1-13-9-7-12(8-10-13)11-5-3-2-4-6-11;1-3-2/h8,10,12H,7,9H2,1-6H3,(H,16,18);2-6,12H,7-10H2,1H3;3H2,1-2H3/b11-8+;;. The molecular weight excluding hydrogens is 466 g/mol. The normalized spacial score (nSPS) is 15.2. The molecule has 0 aromatic heterocycles. The van der Waals surface area contributed by atoms with E-state index in [0.29, 0.717) is 18.6 Å². The van der Waals surface area contributed by atoms with Crippen LogP contribution in [0.2, 0.25) is 0 Å². The van der Waals surface area contributed by atoms with E-state index in [1.54, 1.807) is 27.0 Å². The smallest absolute Gasteiger partial charge is 0.333 e. The number of rotatable bonds is 8. The molecule has 2 rings (SSSR count). The van der Waals surface area contributed by atoms with Gasteiger partial charge in [0.25, 0.3) is 0 Å². The zero-order chi connectivity index (χ0) is 28.4. The second-order valence-electron chi connectivity index (χ2n) is 10.6. The molecule has 1 aliphatic rings. The van der Waals surface area contributed by atoms with Gasteiger partial charge in [-0.25, -0.2) is 4.79 Å². The maximum atomic E-state index is 12.3. The van der Waals surface area contributed by atoms with Gasteiger partial charge >= 0.3 is 5.97 Å². The van der Waals surface area contributed by atoms with Crippen molar-refractivity contribution >= 4 is 18.3 Å². The van der Waals surface area contributed by atoms with Gasteiger partial charge in [-0.15, -0.1) is 0 Å². The maximum Gasteiger partial charge on any atom is 0.333 e. The SMILES string of the molecule is CCC.CCOC(=O)/C(C)=C/CN(C)C(=O)C(NC=O)C(C)(C)C.CN1CCC(c2ccccc2)CC1. The van der Waals surface area contributed by atoms with E-state index in [1.807, 2.05) is 20.8 Å². The minimum absolute atomic E-state index is 0.206. The van der Waals surface area contributed by atoms with Crippen LogP contribution < -0.4 is 5.32 Å². The molecule has 1 unspecified atom stereocenters. The van der Waals surface area contributed by atoms with Crippen LogP contribution in [0, 0.1) is 5.41 Å². The van der Waals surface area contributed by atoms with Crippen molar-refractivity contribution in [2.24, 2.45) is 5.41 Å². The number of nitrogens with zero attached hydrogens (tertiary/aromatic N) is 2. The third-order valence-electron chi connectivity index (χ3n) is 5.98. The van der Waals surface area contributed by atoms with E-state index in [0.717, 1.165) is 5.92 Å². The third-order valence-corrected chi connectivity index (χ3v) is 5.98. The molecule has 210 valence electrons. The highest BCUT2D eigenvalue weighted by Gasteiger charge is 2.32. The molecule has 1 heterocycles. The first-order valence-corrected chi connectivity index (χ1v) is 13.4. The molecule has 1 aliphatic heterocycles. The number of hydrogen-bond donors (Lipinski definition) is 1. The maximum absolute atomic E-state index is 12.3. The molecule has 1 atom stereocenters. The number of hydrogen-bond acceptors (Lipinski definition) is 5. The molecule has 7 heteroatoms. The van der Waals surface area contributed by atoms with Crippen LogP contribution in [0.25, 0.3) is 0 Å². The second-order valence-corrected chi connectivity index (χ2v) is 10.6. The minimum Gasteiger partial charge on any atom is -0.463 e. The predicted molar refractivity (Wildman–Crippen MR) is 152 cm³/mol. The van der Waals surface area contributed by atoms with Gasteiger partial charge in [0.05, 0.1) is 6.61 Å². The molecule has 0 saturated carbocycles. The molecule has 0 aliphatic carbocycles. The number of carbonyl (C=O) groups is 3. The summed E-state index contributed by atoms with van der Waals surface area (Å²) < 4.78 is 4.87. The van der Waals surface area contributed by atoms with Gasteiger partial charge in [-0.2, -0.15) is 0 Å². The highest BCUT2D eigenvalue weighted by atomic mass is 16.5. The number of nitrogens with one attached hydrogen (secondary N) is 1. The summed E-state index contributed by atoms with van der Waals surface area (Å²) in [7, 11) is 3.84. The highest BCUT2D eigenvalue weighted by molar-refractivity contribution is 5.88. The van der Waals surface area contributed by atoms with Gasteiger partial charge in [0, 0.05) is 19.2 Å². The summed E-state index contributed by atoms with van der Waals surface area (Å²) in [6.07, 6.45) is 6.05. The Morgan fingerprint density at radius 2 is 1.68 bits per heavy atom. The van der Waals surface area contributed by atoms with Crippen molar-refractivity contribution in [2.45, 2.75) is 79.7 Å². The number of amides is 2. The Kier molecular flexibility index (Phi) is 17.2. The average molecular weight is 518 g/mol. The summed E-state index contributed by atoms with van der Waals surface area (Å²) in [4.78, 5) is 38.4. The molecule has 1 fully saturated rings. The zero-order valence-electron chi connectivity index (χ0n) is 24.7. The molecule has 0 radical (unpaired) electrons. The predicted octanol–water partition coefficient (Wildman–Crippen LogP) is 5.03. The lowest BCUT2D eigenvalue weighted by Gasteiger charge is -2.32. The zero-order valence-corrected chi connectivity index (χ0v) is 24.7. The van der Waals surface area contributed by atoms with E-state index in [9.17, 15) is 14.4 Å². The van der Waals surface area contributed by atoms with E-state index in [4.69, 9.17) is 4.74 Å². The number of esters is 1. The van der Waals surface area contributed by atoms with Crippen molar-refractivity contribution < 1.29 is 19.1 Å². The average Bonchev–Trinajstić information content (AvgIpc) is 2.86. The van der Waals surface area contributed by atoms with Crippen LogP contribution in [0.5, 0.6) is 0 Å². The molecule has 7 nitrogen and oxygen atoms in total. The fourth-order valence-corrected chi connectivity index (χ4v) is 3.74. The Balaban J connectivity index is 0.000000681. The van der Waals surface area contributed by atoms with Crippen molar-refractivity contribution in [3.05, 3.63) is 47.5 Å². The summed E-state index contributed by atoms with van der Waals surface area (Å²) in [5, 5.41) is 2.55. The van der Waals surface area contributed by atoms with Gasteiger partial charge < -0.3 is 19.9 Å². The third kappa shape index (κ3) is 14.0. The van der Waals surface area contributed by atoms with Crippen LogP contribution >= 0.6 is 0 Å². The van der Waals surface area contributed by atoms with E-state index in [-0.39, 0.29) is 12.5 Å². The summed E-state index contributed by atoms with van der Waals surface area (Å²) in [5.74, 6) is 0.205. The molecule has 0 bridgehead atoms. The minimum atomic E-state index is -0.615. The first kappa shape index (κ1) is 34.3. The quantitative estimate of drug-likeness (QED) is 0.297. The summed E-state index contributed by atoms with van der Waals surface area (Å²) in [6, 6.07) is 10.3. The van der Waals surface area contributed by atoms with E-state index < -0.39 is 17.4 Å². The molecule has 1 saturated heterocycles. The van der Waals surface area contributed by atoms with Crippen LogP contribution in [-0.2, 0) is 19.1 Å². The van der Waals surface area contributed by atoms with Gasteiger partial charge in [-0.05, 0) is 63.7 Å². The van der Waals surface area contributed by atoms with Crippen LogP contribution in [0.4, 0.5) is 0 Å². The molecule has 1 N–H and O–H groups in total. The number of likely N-dealkylation sites (tertiary alicyclic amines) is 1. The molecular formula is C30H51N3O4. The van der Waals surface area contributed by atoms with Crippen molar-refractivity contribution in [1.29, 1.82) is 0 Å². The molecule has 2 amide bonds. The van der Waals surface area contributed by atoms with Crippen molar-refractivity contribution in [1.82, 2.24) is 15.1 Å². The lowest BCUT2D eigenvalue weighted by Crippen LogP contribution is -2.51. The summed E-state index contributed by atoms with van der Waals surface area (Å²) in [6.45, 7) is 16.3. The van der Waals surface area contributed by atoms with Crippen molar-refractivity contribution in [3.63, 3.8) is 0 Å². The number of piperidine rings is 1. The summed E-state index contributed by atoms with van der Waals surface area (Å²) in [5.41, 5.74) is 1.58. The number of benzene rings is 1. The van der Waals surface area contributed by atoms with Crippen molar-refractivity contribution in [2.75, 3.05) is 40.3 Å². The van der Waals surface area contributed by atoms with Crippen molar-refractivity contribution in [3.8, 4) is 0 Å². The first-order chi connectivity index (χ1) is 17.4. The van der Waals surface area contributed by atoms with Gasteiger partial charge in [0.2, 0.25) is 12.3 Å². The number of likely N-dealkylation sites (N-methyl/N-ethyl adjacent to an activating group) is 1. The Bertz CT molecular complexity index is 810. The van der Waals surface area contributed by atoms with Crippen LogP contribution in [0.15, 0.2) is 42.0 Å². The fraction of sp³-hybridized carbons (Fsp3) is 0.633. The lowest BCUT2D eigenvalue weighted by molar-refractivity contribution is -0.138. The molecule has 0 spiro atoms. The fourth-order valence-electron chi connectivity index (χ4n) is 3.74. The van der Waals surface area contributed by atoms with E-state index in [2.05, 4.69) is 61.4 Å². The van der Waals surface area contributed by atoms with Crippen LogP contribution in [0.3, 0.4) is 0 Å². The van der Waals surface area contributed by atoms with Gasteiger partial charge in [0.15, 0.2) is 0 Å². The topological polar surface area (TPSA) is 79.0 Å². The monoisotopic (exact) mass is 517 g/mol.